The highest BCUT2D eigenvalue weighted by molar-refractivity contribution is 5.66. The summed E-state index contributed by atoms with van der Waals surface area (Å²) in [5.41, 5.74) is 3.76. The standard InChI is InChI=1S/C15H14.C2H6/c1-12(2)14-10-6-7-11-15(14)13-8-4-3-5-9-13;1-2/h3-4,6-8,10-12H,1-2H3;1-2H3. The predicted molar refractivity (Wildman–Crippen MR) is 75.0 cm³/mol. The van der Waals surface area contributed by atoms with Crippen molar-refractivity contribution >= 4 is 0 Å². The van der Waals surface area contributed by atoms with Gasteiger partial charge >= 0.3 is 0 Å². The Morgan fingerprint density at radius 1 is 0.941 bits per heavy atom. The summed E-state index contributed by atoms with van der Waals surface area (Å²) in [6.07, 6.45) is 0. The van der Waals surface area contributed by atoms with Gasteiger partial charge in [0.1, 0.15) is 0 Å². The lowest BCUT2D eigenvalue weighted by atomic mass is 9.93. The molecule has 0 heterocycles. The average Bonchev–Trinajstić information content (AvgIpc) is 2.42. The van der Waals surface area contributed by atoms with Crippen LogP contribution in [0.3, 0.4) is 0 Å². The maximum absolute atomic E-state index is 3.15. The third-order valence-corrected chi connectivity index (χ3v) is 2.52. The minimum absolute atomic E-state index is 0.537. The SMILES string of the molecule is CC.CC(C)c1ccccc1-c1c#cccc1. The molecule has 0 aliphatic carbocycles. The van der Waals surface area contributed by atoms with E-state index in [-0.39, 0.29) is 0 Å². The van der Waals surface area contributed by atoms with Crippen LogP contribution in [0.25, 0.3) is 11.1 Å². The predicted octanol–water partition coefficient (Wildman–Crippen LogP) is 5.10. The normalized spacial score (nSPS) is 9.24. The molecule has 0 nitrogen and oxygen atoms in total. The van der Waals surface area contributed by atoms with E-state index in [1.807, 2.05) is 26.0 Å². The van der Waals surface area contributed by atoms with Crippen molar-refractivity contribution in [2.45, 2.75) is 33.6 Å². The van der Waals surface area contributed by atoms with Crippen molar-refractivity contribution in [1.82, 2.24) is 0 Å². The van der Waals surface area contributed by atoms with E-state index in [2.05, 4.69) is 56.3 Å². The van der Waals surface area contributed by atoms with E-state index in [9.17, 15) is 0 Å². The van der Waals surface area contributed by atoms with Crippen LogP contribution < -0.4 is 0 Å². The third-order valence-electron chi connectivity index (χ3n) is 2.52. The van der Waals surface area contributed by atoms with Gasteiger partial charge in [0.25, 0.3) is 0 Å². The number of benzene rings is 1. The van der Waals surface area contributed by atoms with Crippen LogP contribution in [0.4, 0.5) is 0 Å². The first-order valence-electron chi connectivity index (χ1n) is 6.26. The lowest BCUT2D eigenvalue weighted by Crippen LogP contribution is -1.91. The van der Waals surface area contributed by atoms with Crippen molar-refractivity contribution in [2.24, 2.45) is 0 Å². The summed E-state index contributed by atoms with van der Waals surface area (Å²) in [6, 6.07) is 20.6. The smallest absolute Gasteiger partial charge is 0.0324 e. The van der Waals surface area contributed by atoms with Crippen LogP contribution in [0.5, 0.6) is 0 Å². The Morgan fingerprint density at radius 2 is 1.65 bits per heavy atom. The zero-order valence-electron chi connectivity index (χ0n) is 11.1. The zero-order chi connectivity index (χ0) is 12.7. The van der Waals surface area contributed by atoms with E-state index < -0.39 is 0 Å². The first kappa shape index (κ1) is 13.3. The zero-order valence-corrected chi connectivity index (χ0v) is 11.1. The molecule has 0 aliphatic heterocycles. The Bertz CT molecular complexity index is 427. The lowest BCUT2D eigenvalue weighted by Gasteiger charge is -2.11. The fourth-order valence-electron chi connectivity index (χ4n) is 1.76. The molecule has 0 amide bonds. The van der Waals surface area contributed by atoms with Crippen molar-refractivity contribution in [3.05, 3.63) is 60.2 Å². The molecule has 0 fully saturated rings. The highest BCUT2D eigenvalue weighted by atomic mass is 14.1. The maximum Gasteiger partial charge on any atom is 0.0324 e. The second kappa shape index (κ2) is 6.76. The van der Waals surface area contributed by atoms with Crippen LogP contribution in [0.1, 0.15) is 39.2 Å². The van der Waals surface area contributed by atoms with Gasteiger partial charge in [-0.3, -0.25) is 0 Å². The summed E-state index contributed by atoms with van der Waals surface area (Å²) in [7, 11) is 0. The Kier molecular flexibility index (Phi) is 5.30. The van der Waals surface area contributed by atoms with Crippen molar-refractivity contribution < 1.29 is 0 Å². The molecule has 2 aromatic carbocycles. The molecule has 0 heteroatoms. The van der Waals surface area contributed by atoms with Gasteiger partial charge in [0.2, 0.25) is 0 Å². The fourth-order valence-corrected chi connectivity index (χ4v) is 1.76. The monoisotopic (exact) mass is 224 g/mol. The molecule has 0 aliphatic rings. The van der Waals surface area contributed by atoms with Gasteiger partial charge in [-0.05, 0) is 29.2 Å². The van der Waals surface area contributed by atoms with Crippen LogP contribution in [0.15, 0.2) is 42.5 Å². The molecule has 0 radical (unpaired) electrons. The molecular weight excluding hydrogens is 204 g/mol. The van der Waals surface area contributed by atoms with E-state index in [1.54, 1.807) is 0 Å². The molecule has 88 valence electrons. The maximum atomic E-state index is 3.15. The largest absolute Gasteiger partial charge is 0.0696 e. The van der Waals surface area contributed by atoms with Gasteiger partial charge in [0, 0.05) is 5.56 Å². The van der Waals surface area contributed by atoms with Crippen molar-refractivity contribution in [3.8, 4) is 11.1 Å². The summed E-state index contributed by atoms with van der Waals surface area (Å²) in [6.45, 7) is 8.43. The first-order valence-corrected chi connectivity index (χ1v) is 6.26. The molecule has 0 N–H and O–H groups in total. The van der Waals surface area contributed by atoms with E-state index in [4.69, 9.17) is 0 Å². The van der Waals surface area contributed by atoms with Crippen LogP contribution in [0, 0.1) is 12.1 Å². The Labute approximate surface area is 105 Å². The van der Waals surface area contributed by atoms with Gasteiger partial charge in [-0.15, -0.1) is 0 Å². The number of rotatable bonds is 2. The van der Waals surface area contributed by atoms with Gasteiger partial charge in [-0.1, -0.05) is 70.2 Å². The second-order valence-corrected chi connectivity index (χ2v) is 3.95. The van der Waals surface area contributed by atoms with Gasteiger partial charge in [-0.2, -0.15) is 0 Å². The third kappa shape index (κ3) is 3.36. The molecule has 0 spiro atoms. The van der Waals surface area contributed by atoms with Gasteiger partial charge in [0.15, 0.2) is 0 Å². The lowest BCUT2D eigenvalue weighted by molar-refractivity contribution is 0.869. The van der Waals surface area contributed by atoms with E-state index in [0.29, 0.717) is 5.92 Å². The van der Waals surface area contributed by atoms with Gasteiger partial charge in [0.05, 0.1) is 0 Å². The van der Waals surface area contributed by atoms with Gasteiger partial charge in [-0.25, -0.2) is 0 Å². The fraction of sp³-hybridized carbons (Fsp3) is 0.294. The highest BCUT2D eigenvalue weighted by Crippen LogP contribution is 2.27. The van der Waals surface area contributed by atoms with E-state index in [0.717, 1.165) is 5.56 Å². The minimum Gasteiger partial charge on any atom is -0.0696 e. The number of hydrogen-bond donors (Lipinski definition) is 0. The molecule has 17 heavy (non-hydrogen) atoms. The summed E-state index contributed by atoms with van der Waals surface area (Å²) >= 11 is 0. The summed E-state index contributed by atoms with van der Waals surface area (Å²) < 4.78 is 0. The van der Waals surface area contributed by atoms with Crippen molar-refractivity contribution in [3.63, 3.8) is 0 Å². The topological polar surface area (TPSA) is 0 Å². The molecule has 0 aromatic heterocycles. The molecule has 0 unspecified atom stereocenters. The minimum atomic E-state index is 0.537. The quantitative estimate of drug-likeness (QED) is 0.665. The molecule has 2 rings (SSSR count). The summed E-state index contributed by atoms with van der Waals surface area (Å²) in [5, 5.41) is 0. The van der Waals surface area contributed by atoms with Crippen molar-refractivity contribution in [2.75, 3.05) is 0 Å². The van der Waals surface area contributed by atoms with Crippen LogP contribution >= 0.6 is 0 Å². The number of hydrogen-bond acceptors (Lipinski definition) is 0. The second-order valence-electron chi connectivity index (χ2n) is 3.95. The van der Waals surface area contributed by atoms with Gasteiger partial charge < -0.3 is 0 Å². The average molecular weight is 224 g/mol. The van der Waals surface area contributed by atoms with Crippen LogP contribution in [-0.2, 0) is 0 Å². The Balaban J connectivity index is 0.000000686. The highest BCUT2D eigenvalue weighted by Gasteiger charge is 2.06. The van der Waals surface area contributed by atoms with Crippen molar-refractivity contribution in [1.29, 1.82) is 0 Å². The summed E-state index contributed by atoms with van der Waals surface area (Å²) in [4.78, 5) is 0. The molecule has 0 saturated carbocycles. The van der Waals surface area contributed by atoms with E-state index >= 15 is 0 Å². The molecule has 0 saturated heterocycles. The Hall–Kier alpha value is -1.74. The van der Waals surface area contributed by atoms with E-state index in [1.165, 1.54) is 11.1 Å². The van der Waals surface area contributed by atoms with Crippen LogP contribution in [-0.4, -0.2) is 0 Å². The Morgan fingerprint density at radius 3 is 2.24 bits per heavy atom. The summed E-state index contributed by atoms with van der Waals surface area (Å²) in [5.74, 6) is 0.537. The molecule has 2 aromatic rings. The molecular formula is C17H20. The van der Waals surface area contributed by atoms with Crippen LogP contribution in [0.2, 0.25) is 0 Å². The first-order chi connectivity index (χ1) is 8.29. The molecule has 0 bridgehead atoms. The molecule has 0 atom stereocenters.